The fourth-order valence-corrected chi connectivity index (χ4v) is 1.77. The summed E-state index contributed by atoms with van der Waals surface area (Å²) in [6.07, 6.45) is 2.64. The normalized spacial score (nSPS) is 10.6. The van der Waals surface area contributed by atoms with Gasteiger partial charge >= 0.3 is 0 Å². The van der Waals surface area contributed by atoms with E-state index in [0.29, 0.717) is 17.7 Å². The number of nitrogens with zero attached hydrogens (tertiary/aromatic N) is 3. The van der Waals surface area contributed by atoms with Crippen LogP contribution in [0.25, 0.3) is 0 Å². The quantitative estimate of drug-likeness (QED) is 0.841. The first-order valence-corrected chi connectivity index (χ1v) is 6.99. The van der Waals surface area contributed by atoms with Crippen LogP contribution in [0, 0.1) is 0 Å². The third kappa shape index (κ3) is 3.91. The zero-order valence-corrected chi connectivity index (χ0v) is 12.2. The first-order chi connectivity index (χ1) is 9.69. The number of benzene rings is 1. The van der Waals surface area contributed by atoms with Crippen molar-refractivity contribution in [2.45, 2.75) is 33.1 Å². The molecule has 0 fully saturated rings. The molecule has 0 bridgehead atoms. The summed E-state index contributed by atoms with van der Waals surface area (Å²) in [7, 11) is 0. The molecule has 0 saturated heterocycles. The maximum Gasteiger partial charge on any atom is 0.244 e. The maximum absolute atomic E-state index is 4.37. The fraction of sp³-hybridized carbons (Fsp3) is 0.400. The second-order valence-corrected chi connectivity index (χ2v) is 4.99. The summed E-state index contributed by atoms with van der Waals surface area (Å²) in [5.41, 5.74) is 2.32. The van der Waals surface area contributed by atoms with Gasteiger partial charge in [0.05, 0.1) is 6.20 Å². The smallest absolute Gasteiger partial charge is 0.244 e. The molecule has 0 radical (unpaired) electrons. The molecule has 2 rings (SSSR count). The molecule has 5 nitrogen and oxygen atoms in total. The van der Waals surface area contributed by atoms with Gasteiger partial charge in [-0.15, -0.1) is 5.10 Å². The molecule has 0 spiro atoms. The predicted octanol–water partition coefficient (Wildman–Crippen LogP) is 3.56. The molecule has 0 aliphatic rings. The maximum atomic E-state index is 4.37. The molecule has 2 N–H and O–H groups in total. The van der Waals surface area contributed by atoms with Crippen LogP contribution in [-0.4, -0.2) is 21.7 Å². The molecule has 0 unspecified atom stereocenters. The van der Waals surface area contributed by atoms with Gasteiger partial charge < -0.3 is 10.6 Å². The number of rotatable bonds is 6. The molecule has 0 atom stereocenters. The minimum absolute atomic E-state index is 0.537. The number of hydrogen-bond acceptors (Lipinski definition) is 5. The van der Waals surface area contributed by atoms with Gasteiger partial charge in [-0.25, -0.2) is 0 Å². The lowest BCUT2D eigenvalue weighted by atomic mass is 10.0. The Morgan fingerprint density at radius 1 is 1.15 bits per heavy atom. The van der Waals surface area contributed by atoms with Crippen LogP contribution in [0.5, 0.6) is 0 Å². The van der Waals surface area contributed by atoms with Crippen LogP contribution in [0.3, 0.4) is 0 Å². The van der Waals surface area contributed by atoms with Crippen molar-refractivity contribution in [2.75, 3.05) is 17.2 Å². The van der Waals surface area contributed by atoms with Crippen LogP contribution in [0.4, 0.5) is 17.5 Å². The highest BCUT2D eigenvalue weighted by molar-refractivity contribution is 5.56. The van der Waals surface area contributed by atoms with E-state index in [0.717, 1.165) is 18.7 Å². The van der Waals surface area contributed by atoms with Crippen LogP contribution < -0.4 is 10.6 Å². The summed E-state index contributed by atoms with van der Waals surface area (Å²) < 4.78 is 0. The molecule has 0 aliphatic heterocycles. The van der Waals surface area contributed by atoms with E-state index in [1.807, 2.05) is 0 Å². The third-order valence-electron chi connectivity index (χ3n) is 2.94. The van der Waals surface area contributed by atoms with Crippen LogP contribution in [0.15, 0.2) is 30.5 Å². The van der Waals surface area contributed by atoms with Gasteiger partial charge in [-0.1, -0.05) is 32.9 Å². The highest BCUT2D eigenvalue weighted by Gasteiger charge is 2.02. The summed E-state index contributed by atoms with van der Waals surface area (Å²) in [6.45, 7) is 7.30. The van der Waals surface area contributed by atoms with E-state index in [9.17, 15) is 0 Å². The molecule has 1 aromatic heterocycles. The Bertz CT molecular complexity index is 536. The number of nitrogens with one attached hydrogen (secondary N) is 2. The van der Waals surface area contributed by atoms with E-state index < -0.39 is 0 Å². The standard InChI is InChI=1S/C15H21N5/c1-4-9-16-15-19-14(10-17-20-15)18-13-7-5-12(6-8-13)11(2)3/h5-8,10-11H,4,9H2,1-3H3,(H2,16,18,19,20). The van der Waals surface area contributed by atoms with Gasteiger partial charge in [0.1, 0.15) is 0 Å². The first kappa shape index (κ1) is 14.2. The van der Waals surface area contributed by atoms with E-state index in [-0.39, 0.29) is 0 Å². The summed E-state index contributed by atoms with van der Waals surface area (Å²) in [5.74, 6) is 1.78. The van der Waals surface area contributed by atoms with E-state index in [1.165, 1.54) is 5.56 Å². The van der Waals surface area contributed by atoms with E-state index >= 15 is 0 Å². The molecular weight excluding hydrogens is 250 g/mol. The number of aromatic nitrogens is 3. The highest BCUT2D eigenvalue weighted by atomic mass is 15.3. The van der Waals surface area contributed by atoms with E-state index in [1.54, 1.807) is 6.20 Å². The van der Waals surface area contributed by atoms with Gasteiger partial charge in [0.25, 0.3) is 0 Å². The molecule has 0 amide bonds. The van der Waals surface area contributed by atoms with Crippen LogP contribution in [-0.2, 0) is 0 Å². The van der Waals surface area contributed by atoms with E-state index in [2.05, 4.69) is 70.9 Å². The molecule has 0 saturated carbocycles. The van der Waals surface area contributed by atoms with Crippen molar-refractivity contribution in [3.63, 3.8) is 0 Å². The van der Waals surface area contributed by atoms with Crippen molar-refractivity contribution in [1.29, 1.82) is 0 Å². The average Bonchev–Trinajstić information content (AvgIpc) is 2.46. The Labute approximate surface area is 119 Å². The van der Waals surface area contributed by atoms with Crippen molar-refractivity contribution in [3.8, 4) is 0 Å². The Kier molecular flexibility index (Phi) is 4.87. The summed E-state index contributed by atoms with van der Waals surface area (Å²) >= 11 is 0. The zero-order chi connectivity index (χ0) is 14.4. The molecular formula is C15H21N5. The SMILES string of the molecule is CCCNc1nncc(Nc2ccc(C(C)C)cc2)n1. The molecule has 1 heterocycles. The van der Waals surface area contributed by atoms with Crippen LogP contribution in [0.2, 0.25) is 0 Å². The van der Waals surface area contributed by atoms with Gasteiger partial charge in [-0.2, -0.15) is 10.1 Å². The Morgan fingerprint density at radius 2 is 1.90 bits per heavy atom. The lowest BCUT2D eigenvalue weighted by Gasteiger charge is -2.09. The van der Waals surface area contributed by atoms with Crippen LogP contribution in [0.1, 0.15) is 38.7 Å². The predicted molar refractivity (Wildman–Crippen MR) is 82.4 cm³/mol. The Morgan fingerprint density at radius 3 is 2.55 bits per heavy atom. The third-order valence-corrected chi connectivity index (χ3v) is 2.94. The van der Waals surface area contributed by atoms with Gasteiger partial charge in [0, 0.05) is 12.2 Å². The average molecular weight is 271 g/mol. The van der Waals surface area contributed by atoms with Gasteiger partial charge in [-0.05, 0) is 30.0 Å². The van der Waals surface area contributed by atoms with Crippen molar-refractivity contribution in [1.82, 2.24) is 15.2 Å². The minimum atomic E-state index is 0.537. The summed E-state index contributed by atoms with van der Waals surface area (Å²) in [6, 6.07) is 8.35. The first-order valence-electron chi connectivity index (χ1n) is 6.99. The van der Waals surface area contributed by atoms with Gasteiger partial charge in [0.15, 0.2) is 5.82 Å². The second-order valence-electron chi connectivity index (χ2n) is 4.99. The van der Waals surface area contributed by atoms with E-state index in [4.69, 9.17) is 0 Å². The Hall–Kier alpha value is -2.17. The monoisotopic (exact) mass is 271 g/mol. The van der Waals surface area contributed by atoms with Gasteiger partial charge in [0.2, 0.25) is 5.95 Å². The molecule has 5 heteroatoms. The van der Waals surface area contributed by atoms with Crippen LogP contribution >= 0.6 is 0 Å². The fourth-order valence-electron chi connectivity index (χ4n) is 1.77. The summed E-state index contributed by atoms with van der Waals surface area (Å²) in [4.78, 5) is 4.37. The zero-order valence-electron chi connectivity index (χ0n) is 12.2. The minimum Gasteiger partial charge on any atom is -0.353 e. The lowest BCUT2D eigenvalue weighted by molar-refractivity contribution is 0.867. The van der Waals surface area contributed by atoms with Crippen molar-refractivity contribution in [3.05, 3.63) is 36.0 Å². The van der Waals surface area contributed by atoms with Crippen molar-refractivity contribution >= 4 is 17.5 Å². The lowest BCUT2D eigenvalue weighted by Crippen LogP contribution is -2.06. The van der Waals surface area contributed by atoms with Gasteiger partial charge in [-0.3, -0.25) is 0 Å². The summed E-state index contributed by atoms with van der Waals surface area (Å²) in [5, 5.41) is 14.2. The molecule has 20 heavy (non-hydrogen) atoms. The topological polar surface area (TPSA) is 62.7 Å². The number of hydrogen-bond donors (Lipinski definition) is 2. The molecule has 2 aromatic rings. The highest BCUT2D eigenvalue weighted by Crippen LogP contribution is 2.19. The second kappa shape index (κ2) is 6.84. The largest absolute Gasteiger partial charge is 0.353 e. The van der Waals surface area contributed by atoms with Crippen molar-refractivity contribution in [2.24, 2.45) is 0 Å². The molecule has 1 aromatic carbocycles. The van der Waals surface area contributed by atoms with Crippen molar-refractivity contribution < 1.29 is 0 Å². The number of anilines is 3. The Balaban J connectivity index is 2.05. The molecule has 106 valence electrons. The molecule has 0 aliphatic carbocycles.